The topological polar surface area (TPSA) is 0 Å². The average Bonchev–Trinajstić information content (AvgIpc) is 2.08. The van der Waals surface area contributed by atoms with Crippen molar-refractivity contribution in [1.29, 1.82) is 0 Å². The fraction of sp³-hybridized carbons (Fsp3) is 0. The van der Waals surface area contributed by atoms with Crippen LogP contribution in [-0.2, 0) is 12.6 Å². The van der Waals surface area contributed by atoms with Gasteiger partial charge in [0.1, 0.15) is 0 Å². The van der Waals surface area contributed by atoms with Gasteiger partial charge in [0.25, 0.3) is 0 Å². The second-order valence-corrected chi connectivity index (χ2v) is 4.20. The third-order valence-corrected chi connectivity index (χ3v) is 4.08. The summed E-state index contributed by atoms with van der Waals surface area (Å²) in [6, 6.07) is 0. The van der Waals surface area contributed by atoms with E-state index in [0.29, 0.717) is 0 Å². The Balaban J connectivity index is 0.00000144. The van der Waals surface area contributed by atoms with E-state index in [-0.39, 0.29) is 81.4 Å². The summed E-state index contributed by atoms with van der Waals surface area (Å²) < 4.78 is 0. The maximum absolute atomic E-state index is 5.70. The summed E-state index contributed by atoms with van der Waals surface area (Å²) in [7, 11) is 0. The Morgan fingerprint density at radius 3 is 1.15 bits per heavy atom. The zero-order valence-electron chi connectivity index (χ0n) is 6.30. The van der Waals surface area contributed by atoms with Gasteiger partial charge in [-0.1, -0.05) is 58.0 Å². The van der Waals surface area contributed by atoms with E-state index in [4.69, 9.17) is 70.6 Å². The Labute approximate surface area is 149 Å². The monoisotopic (exact) mass is 318 g/mol. The van der Waals surface area contributed by atoms with E-state index >= 15 is 0 Å². The van der Waals surface area contributed by atoms with Crippen LogP contribution in [-0.4, -0.2) is 0 Å². The van der Waals surface area contributed by atoms with Crippen molar-refractivity contribution in [3.63, 3.8) is 0 Å². The summed E-state index contributed by atoms with van der Waals surface area (Å²) in [6.45, 7) is 0. The van der Waals surface area contributed by atoms with Crippen LogP contribution in [0.5, 0.6) is 0 Å². The molecule has 1 aromatic rings. The van der Waals surface area contributed by atoms with Crippen molar-refractivity contribution >= 4 is 70.6 Å². The molecule has 0 aliphatic carbocycles. The number of benzene rings is 1. The third kappa shape index (κ3) is 3.24. The second kappa shape index (κ2) is 6.31. The van der Waals surface area contributed by atoms with Gasteiger partial charge in [0.2, 0.25) is 0 Å². The van der Waals surface area contributed by atoms with Gasteiger partial charge in [-0.25, -0.2) is 0 Å². The standard InChI is InChI=1S/C6HCl5S.K/c7-1-2(8)4(10)6(12)5(11)3(1)9;/h12H;/q;+1/p-1. The molecule has 0 saturated heterocycles. The Morgan fingerprint density at radius 1 is 0.615 bits per heavy atom. The summed E-state index contributed by atoms with van der Waals surface area (Å²) in [6.07, 6.45) is 0. The van der Waals surface area contributed by atoms with Crippen LogP contribution in [0.1, 0.15) is 0 Å². The van der Waals surface area contributed by atoms with Gasteiger partial charge >= 0.3 is 51.4 Å². The maximum atomic E-state index is 5.70. The molecule has 0 amide bonds. The van der Waals surface area contributed by atoms with Crippen LogP contribution in [0.3, 0.4) is 0 Å². The Hall–Kier alpha value is 2.53. The van der Waals surface area contributed by atoms with Crippen LogP contribution in [0.2, 0.25) is 25.1 Å². The van der Waals surface area contributed by atoms with Gasteiger partial charge < -0.3 is 12.6 Å². The molecule has 0 atom stereocenters. The van der Waals surface area contributed by atoms with Crippen LogP contribution < -0.4 is 51.4 Å². The molecule has 66 valence electrons. The molecule has 0 aliphatic heterocycles. The zero-order valence-corrected chi connectivity index (χ0v) is 14.0. The van der Waals surface area contributed by atoms with E-state index in [1.165, 1.54) is 0 Å². The Morgan fingerprint density at radius 2 is 0.846 bits per heavy atom. The van der Waals surface area contributed by atoms with E-state index in [0.717, 1.165) is 0 Å². The normalized spacial score (nSPS) is 9.62. The van der Waals surface area contributed by atoms with Crippen molar-refractivity contribution in [2.45, 2.75) is 4.90 Å². The minimum Gasteiger partial charge on any atom is -0.777 e. The summed E-state index contributed by atoms with van der Waals surface area (Å²) in [5.74, 6) is 0. The first-order valence-corrected chi connectivity index (χ1v) is 4.95. The van der Waals surface area contributed by atoms with Crippen molar-refractivity contribution in [1.82, 2.24) is 0 Å². The third-order valence-electron chi connectivity index (χ3n) is 1.17. The van der Waals surface area contributed by atoms with Gasteiger partial charge in [0, 0.05) is 10.0 Å². The number of hydrogen-bond donors (Lipinski definition) is 0. The molecule has 1 aromatic carbocycles. The smallest absolute Gasteiger partial charge is 0.777 e. The van der Waals surface area contributed by atoms with Gasteiger partial charge in [-0.2, -0.15) is 0 Å². The summed E-state index contributed by atoms with van der Waals surface area (Å²) in [5, 5.41) is 0.717. The second-order valence-electron chi connectivity index (χ2n) is 1.90. The van der Waals surface area contributed by atoms with Crippen molar-refractivity contribution in [2.24, 2.45) is 0 Å². The van der Waals surface area contributed by atoms with Crippen LogP contribution >= 0.6 is 58.0 Å². The molecule has 0 unspecified atom stereocenters. The van der Waals surface area contributed by atoms with Gasteiger partial charge in [-0.15, -0.1) is 4.90 Å². The molecule has 0 nitrogen and oxygen atoms in total. The predicted octanol–water partition coefficient (Wildman–Crippen LogP) is 1.86. The van der Waals surface area contributed by atoms with Gasteiger partial charge in [0.15, 0.2) is 0 Å². The van der Waals surface area contributed by atoms with E-state index in [9.17, 15) is 0 Å². The van der Waals surface area contributed by atoms with Crippen molar-refractivity contribution in [2.75, 3.05) is 0 Å². The van der Waals surface area contributed by atoms with Gasteiger partial charge in [-0.05, 0) is 0 Å². The minimum atomic E-state index is 0. The maximum Gasteiger partial charge on any atom is 1.00 e. The summed E-state index contributed by atoms with van der Waals surface area (Å²) in [4.78, 5) is 0.220. The zero-order chi connectivity index (χ0) is 9.46. The molecule has 13 heavy (non-hydrogen) atoms. The molecule has 1 rings (SSSR count). The predicted molar refractivity (Wildman–Crippen MR) is 57.1 cm³/mol. The fourth-order valence-corrected chi connectivity index (χ4v) is 2.04. The first-order chi connectivity index (χ1) is 5.46. The molecule has 0 heterocycles. The Kier molecular flexibility index (Phi) is 7.53. The Bertz CT molecular complexity index is 235. The van der Waals surface area contributed by atoms with Crippen LogP contribution in [0.25, 0.3) is 0 Å². The molecule has 0 bridgehead atoms. The van der Waals surface area contributed by atoms with Gasteiger partial charge in [-0.3, -0.25) is 0 Å². The van der Waals surface area contributed by atoms with E-state index in [1.807, 2.05) is 0 Å². The van der Waals surface area contributed by atoms with E-state index in [1.54, 1.807) is 0 Å². The molecule has 0 spiro atoms. The van der Waals surface area contributed by atoms with Crippen LogP contribution in [0, 0.1) is 0 Å². The molecule has 0 radical (unpaired) electrons. The first kappa shape index (κ1) is 15.5. The largest absolute Gasteiger partial charge is 1.00 e. The van der Waals surface area contributed by atoms with E-state index < -0.39 is 0 Å². The molecule has 7 heteroatoms. The molecule has 0 aromatic heterocycles. The number of hydrogen-bond acceptors (Lipinski definition) is 1. The van der Waals surface area contributed by atoms with Crippen LogP contribution in [0.4, 0.5) is 0 Å². The van der Waals surface area contributed by atoms with Gasteiger partial charge in [0.05, 0.1) is 15.1 Å². The minimum absolute atomic E-state index is 0. The number of halogens is 5. The molecule has 0 saturated carbocycles. The van der Waals surface area contributed by atoms with E-state index in [2.05, 4.69) is 0 Å². The van der Waals surface area contributed by atoms with Crippen molar-refractivity contribution < 1.29 is 51.4 Å². The van der Waals surface area contributed by atoms with Crippen molar-refractivity contribution in [3.8, 4) is 0 Å². The summed E-state index contributed by atoms with van der Waals surface area (Å²) in [5.41, 5.74) is 0. The summed E-state index contributed by atoms with van der Waals surface area (Å²) >= 11 is 33.3. The van der Waals surface area contributed by atoms with Crippen LogP contribution in [0.15, 0.2) is 4.90 Å². The molecule has 0 N–H and O–H groups in total. The first-order valence-electron chi connectivity index (χ1n) is 2.65. The molecular weight excluding hydrogens is 320 g/mol. The SMILES string of the molecule is [K+].[S-]c1c(Cl)c(Cl)c(Cl)c(Cl)c1Cl. The number of rotatable bonds is 0. The quantitative estimate of drug-likeness (QED) is 0.304. The fourth-order valence-electron chi connectivity index (χ4n) is 0.585. The molecule has 0 aliphatic rings. The average molecular weight is 320 g/mol. The molecule has 0 fully saturated rings. The molecular formula is C6Cl5KS. The van der Waals surface area contributed by atoms with Crippen molar-refractivity contribution in [3.05, 3.63) is 25.1 Å².